The molecular weight excluding hydrogens is 252 g/mol. The Balaban J connectivity index is 0.00000162. The molecule has 5 heteroatoms. The number of aliphatic hydroxyl groups excluding tert-OH is 1. The zero-order valence-electron chi connectivity index (χ0n) is 10.7. The van der Waals surface area contributed by atoms with Crippen molar-refractivity contribution in [3.8, 4) is 0 Å². The molecule has 0 bridgehead atoms. The van der Waals surface area contributed by atoms with Crippen molar-refractivity contribution in [2.45, 2.75) is 25.4 Å². The molecule has 0 aromatic rings. The van der Waals surface area contributed by atoms with E-state index < -0.39 is 6.10 Å². The summed E-state index contributed by atoms with van der Waals surface area (Å²) < 4.78 is 0. The molecule has 2 heterocycles. The fourth-order valence-electron chi connectivity index (χ4n) is 2.22. The minimum Gasteiger partial charge on any atom is -0.389 e. The maximum absolute atomic E-state index is 9.90. The van der Waals surface area contributed by atoms with Crippen LogP contribution in [0.3, 0.4) is 0 Å². The Kier molecular flexibility index (Phi) is 7.35. The van der Waals surface area contributed by atoms with Crippen LogP contribution in [0.1, 0.15) is 19.3 Å². The quantitative estimate of drug-likeness (QED) is 0.826. The van der Waals surface area contributed by atoms with Gasteiger partial charge in [-0.2, -0.15) is 0 Å². The number of piperidine rings is 1. The molecule has 1 unspecified atom stereocenters. The van der Waals surface area contributed by atoms with Gasteiger partial charge in [0.2, 0.25) is 0 Å². The van der Waals surface area contributed by atoms with Crippen molar-refractivity contribution >= 4 is 12.4 Å². The van der Waals surface area contributed by atoms with E-state index in [-0.39, 0.29) is 12.4 Å². The Labute approximate surface area is 115 Å². The first kappa shape index (κ1) is 15.5. The van der Waals surface area contributed by atoms with Crippen molar-refractivity contribution in [2.75, 3.05) is 32.8 Å². The lowest BCUT2D eigenvalue weighted by Gasteiger charge is -2.29. The topological polar surface area (TPSA) is 35.9 Å². The Morgan fingerprint density at radius 2 is 1.94 bits per heavy atom. The Morgan fingerprint density at radius 1 is 1.17 bits per heavy atom. The average molecular weight is 275 g/mol. The van der Waals surface area contributed by atoms with Gasteiger partial charge < -0.3 is 10.0 Å². The summed E-state index contributed by atoms with van der Waals surface area (Å²) in [5, 5.41) is 11.6. The lowest BCUT2D eigenvalue weighted by atomic mass is 10.1. The zero-order valence-corrected chi connectivity index (χ0v) is 11.5. The molecule has 0 aromatic heterocycles. The van der Waals surface area contributed by atoms with Gasteiger partial charge in [0, 0.05) is 12.7 Å². The molecule has 1 saturated heterocycles. The lowest BCUT2D eigenvalue weighted by molar-refractivity contribution is -0.142. The average Bonchev–Trinajstić information content (AvgIpc) is 2.39. The molecular formula is C13H23ClN2O2. The molecule has 18 heavy (non-hydrogen) atoms. The molecule has 2 rings (SSSR count). The first-order valence-corrected chi connectivity index (χ1v) is 6.48. The highest BCUT2D eigenvalue weighted by Gasteiger charge is 2.15. The van der Waals surface area contributed by atoms with Gasteiger partial charge in [-0.15, -0.1) is 12.4 Å². The van der Waals surface area contributed by atoms with Crippen LogP contribution in [0.15, 0.2) is 24.4 Å². The molecule has 2 aliphatic rings. The molecule has 2 aliphatic heterocycles. The Morgan fingerprint density at radius 3 is 2.61 bits per heavy atom. The molecule has 1 N–H and O–H groups in total. The summed E-state index contributed by atoms with van der Waals surface area (Å²) in [6, 6.07) is 0. The molecule has 1 fully saturated rings. The maximum atomic E-state index is 9.90. The van der Waals surface area contributed by atoms with E-state index >= 15 is 0 Å². The van der Waals surface area contributed by atoms with Crippen molar-refractivity contribution in [2.24, 2.45) is 0 Å². The predicted octanol–water partition coefficient (Wildman–Crippen LogP) is 1.57. The smallest absolute Gasteiger partial charge is 0.102 e. The van der Waals surface area contributed by atoms with Gasteiger partial charge in [0.15, 0.2) is 0 Å². The predicted molar refractivity (Wildman–Crippen MR) is 74.5 cm³/mol. The highest BCUT2D eigenvalue weighted by Crippen LogP contribution is 2.09. The third kappa shape index (κ3) is 5.40. The largest absolute Gasteiger partial charge is 0.389 e. The van der Waals surface area contributed by atoms with Crippen LogP contribution in [0.5, 0.6) is 0 Å². The van der Waals surface area contributed by atoms with Gasteiger partial charge in [-0.3, -0.25) is 9.90 Å². The van der Waals surface area contributed by atoms with Gasteiger partial charge in [-0.05, 0) is 32.0 Å². The van der Waals surface area contributed by atoms with Gasteiger partial charge in [-0.1, -0.05) is 18.6 Å². The van der Waals surface area contributed by atoms with Crippen LogP contribution in [0, 0.1) is 0 Å². The molecule has 104 valence electrons. The van der Waals surface area contributed by atoms with E-state index in [4.69, 9.17) is 4.84 Å². The standard InChI is InChI=1S/C13H22N2O2.ClH/c16-13(11-14-7-3-1-4-8-14)12-17-15-9-5-2-6-10-15;/h2,5-6,9,13,16H,1,3-4,7-8,10-12H2;1H. The summed E-state index contributed by atoms with van der Waals surface area (Å²) in [6.45, 7) is 4.09. The highest BCUT2D eigenvalue weighted by molar-refractivity contribution is 5.85. The number of hydrogen-bond donors (Lipinski definition) is 1. The molecule has 0 amide bonds. The van der Waals surface area contributed by atoms with Crippen molar-refractivity contribution in [1.82, 2.24) is 9.96 Å². The number of halogens is 1. The lowest BCUT2D eigenvalue weighted by Crippen LogP contribution is -2.39. The van der Waals surface area contributed by atoms with E-state index in [0.717, 1.165) is 26.2 Å². The van der Waals surface area contributed by atoms with Crippen LogP contribution in [-0.2, 0) is 4.84 Å². The van der Waals surface area contributed by atoms with Crippen LogP contribution in [0.2, 0.25) is 0 Å². The number of rotatable bonds is 5. The molecule has 0 spiro atoms. The number of likely N-dealkylation sites (tertiary alicyclic amines) is 1. The second kappa shape index (κ2) is 8.53. The molecule has 0 radical (unpaired) electrons. The van der Waals surface area contributed by atoms with Gasteiger partial charge in [0.25, 0.3) is 0 Å². The number of allylic oxidation sites excluding steroid dienone is 2. The SMILES string of the molecule is Cl.OC(CON1C=CC=CC1)CN1CCCCC1. The van der Waals surface area contributed by atoms with Crippen LogP contribution in [0.4, 0.5) is 0 Å². The first-order chi connectivity index (χ1) is 8.34. The fourth-order valence-corrected chi connectivity index (χ4v) is 2.22. The number of hydrogen-bond acceptors (Lipinski definition) is 4. The summed E-state index contributed by atoms with van der Waals surface area (Å²) in [7, 11) is 0. The third-order valence-corrected chi connectivity index (χ3v) is 3.14. The molecule has 0 aliphatic carbocycles. The summed E-state index contributed by atoms with van der Waals surface area (Å²) in [6.07, 6.45) is 11.3. The number of hydroxylamine groups is 2. The van der Waals surface area contributed by atoms with E-state index in [9.17, 15) is 5.11 Å². The number of β-amino-alcohol motifs (C(OH)–C–C–N with tert-alkyl or cyclic N) is 1. The van der Waals surface area contributed by atoms with Crippen LogP contribution in [-0.4, -0.2) is 54.0 Å². The van der Waals surface area contributed by atoms with Gasteiger partial charge in [0.1, 0.15) is 6.61 Å². The van der Waals surface area contributed by atoms with E-state index in [1.165, 1.54) is 19.3 Å². The van der Waals surface area contributed by atoms with Gasteiger partial charge in [0.05, 0.1) is 12.6 Å². The van der Waals surface area contributed by atoms with Crippen molar-refractivity contribution in [3.05, 3.63) is 24.4 Å². The molecule has 1 atom stereocenters. The van der Waals surface area contributed by atoms with Crippen molar-refractivity contribution in [1.29, 1.82) is 0 Å². The normalized spacial score (nSPS) is 21.7. The summed E-state index contributed by atoms with van der Waals surface area (Å²) in [5.41, 5.74) is 0. The Bertz CT molecular complexity index is 278. The van der Waals surface area contributed by atoms with E-state index in [2.05, 4.69) is 4.90 Å². The van der Waals surface area contributed by atoms with Gasteiger partial charge >= 0.3 is 0 Å². The molecule has 0 aromatic carbocycles. The zero-order chi connectivity index (χ0) is 11.9. The summed E-state index contributed by atoms with van der Waals surface area (Å²) >= 11 is 0. The number of aliphatic hydroxyl groups is 1. The van der Waals surface area contributed by atoms with E-state index in [1.54, 1.807) is 5.06 Å². The van der Waals surface area contributed by atoms with Crippen molar-refractivity contribution < 1.29 is 9.94 Å². The van der Waals surface area contributed by atoms with E-state index in [1.807, 2.05) is 24.4 Å². The monoisotopic (exact) mass is 274 g/mol. The number of nitrogens with zero attached hydrogens (tertiary/aromatic N) is 2. The second-order valence-electron chi connectivity index (χ2n) is 4.68. The Hall–Kier alpha value is -0.550. The van der Waals surface area contributed by atoms with Gasteiger partial charge in [-0.25, -0.2) is 0 Å². The maximum Gasteiger partial charge on any atom is 0.102 e. The second-order valence-corrected chi connectivity index (χ2v) is 4.68. The minimum absolute atomic E-state index is 0. The summed E-state index contributed by atoms with van der Waals surface area (Å²) in [4.78, 5) is 7.83. The third-order valence-electron chi connectivity index (χ3n) is 3.14. The van der Waals surface area contributed by atoms with Crippen LogP contribution in [0.25, 0.3) is 0 Å². The fraction of sp³-hybridized carbons (Fsp3) is 0.692. The van der Waals surface area contributed by atoms with Crippen LogP contribution < -0.4 is 0 Å². The summed E-state index contributed by atoms with van der Waals surface area (Å²) in [5.74, 6) is 0. The minimum atomic E-state index is -0.396. The highest BCUT2D eigenvalue weighted by atomic mass is 35.5. The van der Waals surface area contributed by atoms with Crippen molar-refractivity contribution in [3.63, 3.8) is 0 Å². The van der Waals surface area contributed by atoms with E-state index in [0.29, 0.717) is 6.61 Å². The molecule has 0 saturated carbocycles. The van der Waals surface area contributed by atoms with Crippen LogP contribution >= 0.6 is 12.4 Å². The molecule has 4 nitrogen and oxygen atoms in total. The first-order valence-electron chi connectivity index (χ1n) is 6.48.